The van der Waals surface area contributed by atoms with Gasteiger partial charge in [-0.05, 0) is 38.1 Å². The molecule has 2 rings (SSSR count). The molecule has 1 aromatic rings. The van der Waals surface area contributed by atoms with E-state index in [1.165, 1.54) is 12.1 Å². The standard InChI is InChI=1S/C14H21N3O4S/c1-10(2)17-22(19,20)12-5-3-11(4-6-12)16-14(18)13-9-21-8-7-15-13/h3-6,10,13,15,17H,7-9H2,1-2H3,(H,16,18). The first-order valence-electron chi connectivity index (χ1n) is 7.13. The maximum absolute atomic E-state index is 12.0. The molecule has 1 unspecified atom stereocenters. The minimum atomic E-state index is -3.52. The van der Waals surface area contributed by atoms with Crippen LogP contribution in [0.3, 0.4) is 0 Å². The number of hydrogen-bond acceptors (Lipinski definition) is 5. The Labute approximate surface area is 130 Å². The number of anilines is 1. The molecule has 0 aromatic heterocycles. The quantitative estimate of drug-likeness (QED) is 0.723. The van der Waals surface area contributed by atoms with Gasteiger partial charge < -0.3 is 15.4 Å². The molecule has 1 saturated heterocycles. The molecule has 0 bridgehead atoms. The number of ether oxygens (including phenoxy) is 1. The second kappa shape index (κ2) is 7.19. The van der Waals surface area contributed by atoms with Gasteiger partial charge >= 0.3 is 0 Å². The summed E-state index contributed by atoms with van der Waals surface area (Å²) in [4.78, 5) is 12.2. The fraction of sp³-hybridized carbons (Fsp3) is 0.500. The van der Waals surface area contributed by atoms with Crippen LogP contribution in [0.25, 0.3) is 0 Å². The molecule has 1 aliphatic heterocycles. The van der Waals surface area contributed by atoms with Crippen LogP contribution in [0.2, 0.25) is 0 Å². The van der Waals surface area contributed by atoms with Gasteiger partial charge in [-0.15, -0.1) is 0 Å². The summed E-state index contributed by atoms with van der Waals surface area (Å²) in [5, 5.41) is 5.79. The zero-order valence-electron chi connectivity index (χ0n) is 12.6. The van der Waals surface area contributed by atoms with Crippen molar-refractivity contribution in [2.75, 3.05) is 25.1 Å². The molecular weight excluding hydrogens is 306 g/mol. The molecule has 0 aliphatic carbocycles. The number of carbonyl (C=O) groups excluding carboxylic acids is 1. The Morgan fingerprint density at radius 1 is 1.32 bits per heavy atom. The third-order valence-electron chi connectivity index (χ3n) is 3.06. The van der Waals surface area contributed by atoms with Crippen LogP contribution in [0.15, 0.2) is 29.2 Å². The molecule has 1 atom stereocenters. The zero-order chi connectivity index (χ0) is 16.2. The highest BCUT2D eigenvalue weighted by Crippen LogP contribution is 2.14. The monoisotopic (exact) mass is 327 g/mol. The minimum Gasteiger partial charge on any atom is -0.378 e. The van der Waals surface area contributed by atoms with Crippen molar-refractivity contribution >= 4 is 21.6 Å². The summed E-state index contributed by atoms with van der Waals surface area (Å²) in [6.45, 7) is 5.07. The molecular formula is C14H21N3O4S. The predicted octanol–water partition coefficient (Wildman–Crippen LogP) is 0.300. The van der Waals surface area contributed by atoms with E-state index in [9.17, 15) is 13.2 Å². The highest BCUT2D eigenvalue weighted by molar-refractivity contribution is 7.89. The maximum Gasteiger partial charge on any atom is 0.243 e. The molecule has 22 heavy (non-hydrogen) atoms. The molecule has 0 spiro atoms. The van der Waals surface area contributed by atoms with Crippen LogP contribution in [0.5, 0.6) is 0 Å². The van der Waals surface area contributed by atoms with Crippen molar-refractivity contribution < 1.29 is 17.9 Å². The third-order valence-corrected chi connectivity index (χ3v) is 4.74. The first-order chi connectivity index (χ1) is 10.4. The fourth-order valence-electron chi connectivity index (χ4n) is 2.06. The van der Waals surface area contributed by atoms with E-state index < -0.39 is 10.0 Å². The van der Waals surface area contributed by atoms with E-state index >= 15 is 0 Å². The molecule has 8 heteroatoms. The van der Waals surface area contributed by atoms with Crippen LogP contribution in [0.1, 0.15) is 13.8 Å². The van der Waals surface area contributed by atoms with E-state index in [4.69, 9.17) is 4.74 Å². The largest absolute Gasteiger partial charge is 0.378 e. The molecule has 1 heterocycles. The van der Waals surface area contributed by atoms with Gasteiger partial charge in [0.2, 0.25) is 15.9 Å². The number of sulfonamides is 1. The molecule has 1 amide bonds. The maximum atomic E-state index is 12.0. The second-order valence-corrected chi connectivity index (χ2v) is 7.09. The van der Waals surface area contributed by atoms with Crippen molar-refractivity contribution in [1.29, 1.82) is 0 Å². The van der Waals surface area contributed by atoms with Crippen molar-refractivity contribution in [1.82, 2.24) is 10.0 Å². The lowest BCUT2D eigenvalue weighted by molar-refractivity contribution is -0.120. The average Bonchev–Trinajstić information content (AvgIpc) is 2.47. The van der Waals surface area contributed by atoms with Crippen LogP contribution in [-0.2, 0) is 19.6 Å². The Kier molecular flexibility index (Phi) is 5.52. The number of hydrogen-bond donors (Lipinski definition) is 3. The Bertz CT molecular complexity index is 607. The summed E-state index contributed by atoms with van der Waals surface area (Å²) in [6.07, 6.45) is 0. The number of carbonyl (C=O) groups is 1. The number of rotatable bonds is 5. The van der Waals surface area contributed by atoms with Crippen molar-refractivity contribution in [2.45, 2.75) is 30.8 Å². The lowest BCUT2D eigenvalue weighted by atomic mass is 10.2. The van der Waals surface area contributed by atoms with E-state index in [0.717, 1.165) is 0 Å². The topological polar surface area (TPSA) is 96.5 Å². The van der Waals surface area contributed by atoms with Gasteiger partial charge in [0.25, 0.3) is 0 Å². The SMILES string of the molecule is CC(C)NS(=O)(=O)c1ccc(NC(=O)C2COCCN2)cc1. The summed E-state index contributed by atoms with van der Waals surface area (Å²) in [5.41, 5.74) is 0.542. The highest BCUT2D eigenvalue weighted by atomic mass is 32.2. The van der Waals surface area contributed by atoms with Gasteiger partial charge in [0, 0.05) is 18.3 Å². The Morgan fingerprint density at radius 2 is 2.00 bits per heavy atom. The molecule has 1 fully saturated rings. The van der Waals surface area contributed by atoms with Crippen molar-refractivity contribution in [3.05, 3.63) is 24.3 Å². The van der Waals surface area contributed by atoms with Gasteiger partial charge in [-0.25, -0.2) is 13.1 Å². The van der Waals surface area contributed by atoms with Crippen molar-refractivity contribution in [3.63, 3.8) is 0 Å². The molecule has 1 aliphatic rings. The molecule has 0 radical (unpaired) electrons. The van der Waals surface area contributed by atoms with E-state index in [2.05, 4.69) is 15.4 Å². The van der Waals surface area contributed by atoms with Gasteiger partial charge in [-0.1, -0.05) is 0 Å². The lowest BCUT2D eigenvalue weighted by Crippen LogP contribution is -2.48. The number of morpholine rings is 1. The summed E-state index contributed by atoms with van der Waals surface area (Å²) in [7, 11) is -3.52. The molecule has 7 nitrogen and oxygen atoms in total. The van der Waals surface area contributed by atoms with Gasteiger partial charge in [-0.3, -0.25) is 4.79 Å². The van der Waals surface area contributed by atoms with Gasteiger partial charge in [0.15, 0.2) is 0 Å². The number of benzene rings is 1. The molecule has 1 aromatic carbocycles. The molecule has 0 saturated carbocycles. The zero-order valence-corrected chi connectivity index (χ0v) is 13.4. The normalized spacial score (nSPS) is 19.1. The fourth-order valence-corrected chi connectivity index (χ4v) is 3.31. The lowest BCUT2D eigenvalue weighted by Gasteiger charge is -2.22. The Hall–Kier alpha value is -1.48. The number of nitrogens with one attached hydrogen (secondary N) is 3. The van der Waals surface area contributed by atoms with E-state index in [0.29, 0.717) is 25.4 Å². The summed E-state index contributed by atoms with van der Waals surface area (Å²) >= 11 is 0. The van der Waals surface area contributed by atoms with E-state index in [-0.39, 0.29) is 22.9 Å². The van der Waals surface area contributed by atoms with Crippen LogP contribution in [0, 0.1) is 0 Å². The van der Waals surface area contributed by atoms with Gasteiger partial charge in [0.1, 0.15) is 6.04 Å². The van der Waals surface area contributed by atoms with Gasteiger partial charge in [-0.2, -0.15) is 0 Å². The number of amides is 1. The van der Waals surface area contributed by atoms with Crippen LogP contribution in [0.4, 0.5) is 5.69 Å². The first kappa shape index (κ1) is 16.9. The smallest absolute Gasteiger partial charge is 0.243 e. The first-order valence-corrected chi connectivity index (χ1v) is 8.61. The van der Waals surface area contributed by atoms with Crippen LogP contribution >= 0.6 is 0 Å². The summed E-state index contributed by atoms with van der Waals surface area (Å²) < 4.78 is 31.7. The van der Waals surface area contributed by atoms with E-state index in [1.54, 1.807) is 26.0 Å². The molecule has 3 N–H and O–H groups in total. The minimum absolute atomic E-state index is 0.165. The average molecular weight is 327 g/mol. The highest BCUT2D eigenvalue weighted by Gasteiger charge is 2.21. The summed E-state index contributed by atoms with van der Waals surface area (Å²) in [5.74, 6) is -0.199. The second-order valence-electron chi connectivity index (χ2n) is 5.37. The van der Waals surface area contributed by atoms with Crippen LogP contribution < -0.4 is 15.4 Å². The van der Waals surface area contributed by atoms with Gasteiger partial charge in [0.05, 0.1) is 18.1 Å². The molecule has 122 valence electrons. The van der Waals surface area contributed by atoms with Crippen LogP contribution in [-0.4, -0.2) is 46.2 Å². The summed E-state index contributed by atoms with van der Waals surface area (Å²) in [6, 6.07) is 5.49. The predicted molar refractivity (Wildman–Crippen MR) is 83.1 cm³/mol. The Balaban J connectivity index is 2.01. The van der Waals surface area contributed by atoms with Crippen molar-refractivity contribution in [2.24, 2.45) is 0 Å². The van der Waals surface area contributed by atoms with Crippen molar-refractivity contribution in [3.8, 4) is 0 Å². The Morgan fingerprint density at radius 3 is 2.55 bits per heavy atom. The third kappa shape index (κ3) is 4.51. The van der Waals surface area contributed by atoms with E-state index in [1.807, 2.05) is 0 Å².